The minimum absolute atomic E-state index is 0.0290. The number of carbonyl (C=O) groups is 2. The van der Waals surface area contributed by atoms with Crippen molar-refractivity contribution in [1.29, 1.82) is 0 Å². The molecule has 0 saturated carbocycles. The second-order valence-corrected chi connectivity index (χ2v) is 12.0. The van der Waals surface area contributed by atoms with Crippen molar-refractivity contribution in [1.82, 2.24) is 14.6 Å². The summed E-state index contributed by atoms with van der Waals surface area (Å²) >= 11 is 0. The molecule has 0 fully saturated rings. The molecule has 13 heteroatoms. The van der Waals surface area contributed by atoms with Crippen LogP contribution in [0.25, 0.3) is 11.1 Å². The normalized spacial score (nSPS) is 13.4. The molecule has 0 aliphatic carbocycles. The van der Waals surface area contributed by atoms with Crippen LogP contribution in [-0.2, 0) is 16.4 Å². The van der Waals surface area contributed by atoms with Crippen LogP contribution in [0.4, 0.5) is 10.8 Å². The molecule has 2 aromatic carbocycles. The first-order valence-electron chi connectivity index (χ1n) is 12.9. The molecule has 0 aliphatic heterocycles. The van der Waals surface area contributed by atoms with E-state index in [0.717, 1.165) is 9.87 Å². The Bertz CT molecular complexity index is 1590. The first kappa shape index (κ1) is 29.8. The number of hydrogen-bond acceptors (Lipinski definition) is 8. The van der Waals surface area contributed by atoms with Crippen molar-refractivity contribution >= 4 is 39.1 Å². The van der Waals surface area contributed by atoms with E-state index in [2.05, 4.69) is 10.3 Å². The topological polar surface area (TPSA) is 166 Å². The third-order valence-corrected chi connectivity index (χ3v) is 8.20. The van der Waals surface area contributed by atoms with Gasteiger partial charge < -0.3 is 24.4 Å². The van der Waals surface area contributed by atoms with Crippen molar-refractivity contribution in [3.8, 4) is 0 Å². The van der Waals surface area contributed by atoms with Gasteiger partial charge in [0.1, 0.15) is 11.8 Å². The zero-order chi connectivity index (χ0) is 29.7. The van der Waals surface area contributed by atoms with Crippen molar-refractivity contribution < 1.29 is 37.1 Å². The summed E-state index contributed by atoms with van der Waals surface area (Å²) in [7, 11) is -2.69. The number of nitrogens with zero attached hydrogens (tertiary/aromatic N) is 3. The fourth-order valence-electron chi connectivity index (χ4n) is 4.34. The number of carboxylic acid groups (broad SMARTS) is 1. The van der Waals surface area contributed by atoms with Crippen LogP contribution >= 0.6 is 0 Å². The Kier molecular flexibility index (Phi) is 9.11. The van der Waals surface area contributed by atoms with Gasteiger partial charge in [0.25, 0.3) is 5.91 Å². The van der Waals surface area contributed by atoms with Gasteiger partial charge in [-0.1, -0.05) is 44.2 Å². The highest BCUT2D eigenvalue weighted by Crippen LogP contribution is 2.27. The van der Waals surface area contributed by atoms with Crippen LogP contribution in [0.3, 0.4) is 0 Å². The number of nitrogens with one attached hydrogen (secondary N) is 1. The molecule has 41 heavy (non-hydrogen) atoms. The highest BCUT2D eigenvalue weighted by Gasteiger charge is 2.32. The molecule has 2 unspecified atom stereocenters. The first-order chi connectivity index (χ1) is 19.5. The first-order valence-corrected chi connectivity index (χ1v) is 14.3. The van der Waals surface area contributed by atoms with E-state index in [4.69, 9.17) is 8.83 Å². The minimum atomic E-state index is -4.16. The van der Waals surface area contributed by atoms with Crippen molar-refractivity contribution in [2.24, 2.45) is 5.92 Å². The Hall–Kier alpha value is -4.20. The number of furan rings is 1. The number of anilines is 1. The summed E-state index contributed by atoms with van der Waals surface area (Å²) in [5.74, 6) is -0.518. The molecule has 218 valence electrons. The molecule has 0 saturated heterocycles. The number of benzene rings is 2. The van der Waals surface area contributed by atoms with Gasteiger partial charge in [0, 0.05) is 26.2 Å². The van der Waals surface area contributed by atoms with E-state index in [1.807, 2.05) is 19.9 Å². The number of rotatable bonds is 12. The molecule has 0 bridgehead atoms. The van der Waals surface area contributed by atoms with E-state index in [9.17, 15) is 28.2 Å². The van der Waals surface area contributed by atoms with Gasteiger partial charge >= 0.3 is 12.1 Å². The quantitative estimate of drug-likeness (QED) is 0.225. The van der Waals surface area contributed by atoms with E-state index in [0.29, 0.717) is 11.1 Å². The number of aromatic nitrogens is 1. The highest BCUT2D eigenvalue weighted by atomic mass is 32.2. The lowest BCUT2D eigenvalue weighted by molar-refractivity contribution is 0.0980. The summed E-state index contributed by atoms with van der Waals surface area (Å²) in [6.07, 6.45) is 0.155. The largest absolute Gasteiger partial charge is 0.472 e. The molecular formula is C28H32N4O8S. The van der Waals surface area contributed by atoms with Gasteiger partial charge in [0.15, 0.2) is 5.58 Å². The molecule has 4 aromatic rings. The van der Waals surface area contributed by atoms with Crippen molar-refractivity contribution in [3.05, 3.63) is 78.3 Å². The molecule has 2 amide bonds. The Morgan fingerprint density at radius 3 is 2.44 bits per heavy atom. The van der Waals surface area contributed by atoms with Gasteiger partial charge in [-0.25, -0.2) is 13.2 Å². The zero-order valence-electron chi connectivity index (χ0n) is 22.8. The predicted octanol–water partition coefficient (Wildman–Crippen LogP) is 3.58. The van der Waals surface area contributed by atoms with Crippen molar-refractivity contribution in [2.75, 3.05) is 25.0 Å². The van der Waals surface area contributed by atoms with Gasteiger partial charge in [0.05, 0.1) is 28.9 Å². The smallest absolute Gasteiger partial charge is 0.404 e. The van der Waals surface area contributed by atoms with Crippen molar-refractivity contribution in [2.45, 2.75) is 37.3 Å². The number of fused-ring (bicyclic) bond motifs is 1. The van der Waals surface area contributed by atoms with Crippen LogP contribution in [-0.4, -0.2) is 72.2 Å². The Labute approximate surface area is 237 Å². The van der Waals surface area contributed by atoms with E-state index in [1.54, 1.807) is 24.3 Å². The van der Waals surface area contributed by atoms with E-state index < -0.39 is 34.2 Å². The second-order valence-electron chi connectivity index (χ2n) is 10.0. The summed E-state index contributed by atoms with van der Waals surface area (Å²) in [6.45, 7) is 3.40. The Balaban J connectivity index is 1.60. The number of sulfonamides is 1. The predicted molar refractivity (Wildman–Crippen MR) is 150 cm³/mol. The highest BCUT2D eigenvalue weighted by molar-refractivity contribution is 7.89. The molecule has 0 aliphatic rings. The molecule has 0 spiro atoms. The van der Waals surface area contributed by atoms with Gasteiger partial charge in [-0.05, 0) is 36.1 Å². The molecule has 4 rings (SSSR count). The standard InChI is InChI=1S/C28H32N4O8S/c1-18(2)15-32(16-24(33)23(30-28(35)36)13-19-7-5-4-6-8-19)41(37,38)21-9-10-22-25(14-21)40-27(29-22)31(3)26(34)20-11-12-39-17-20/h4-12,14,17-18,23-24,30,33H,13,15-16H2,1-3H3,(H,35,36). The number of aliphatic hydroxyl groups is 1. The maximum atomic E-state index is 13.8. The fraction of sp³-hybridized carbons (Fsp3) is 0.321. The minimum Gasteiger partial charge on any atom is -0.472 e. The molecular weight excluding hydrogens is 552 g/mol. The lowest BCUT2D eigenvalue weighted by atomic mass is 10.0. The summed E-state index contributed by atoms with van der Waals surface area (Å²) in [5.41, 5.74) is 1.57. The maximum Gasteiger partial charge on any atom is 0.404 e. The fourth-order valence-corrected chi connectivity index (χ4v) is 5.97. The molecule has 2 atom stereocenters. The average molecular weight is 585 g/mol. The third-order valence-electron chi connectivity index (χ3n) is 6.38. The second kappa shape index (κ2) is 12.5. The molecule has 2 aromatic heterocycles. The lowest BCUT2D eigenvalue weighted by Gasteiger charge is -2.30. The summed E-state index contributed by atoms with van der Waals surface area (Å²) in [5, 5.41) is 22.8. The van der Waals surface area contributed by atoms with Crippen molar-refractivity contribution in [3.63, 3.8) is 0 Å². The average Bonchev–Trinajstić information content (AvgIpc) is 3.61. The lowest BCUT2D eigenvalue weighted by Crippen LogP contribution is -2.50. The van der Waals surface area contributed by atoms with Crippen LogP contribution < -0.4 is 10.2 Å². The van der Waals surface area contributed by atoms with Crippen LogP contribution in [0.2, 0.25) is 0 Å². The van der Waals surface area contributed by atoms with Gasteiger partial charge in [-0.2, -0.15) is 9.29 Å². The zero-order valence-corrected chi connectivity index (χ0v) is 23.6. The summed E-state index contributed by atoms with van der Waals surface area (Å²) < 4.78 is 39.4. The summed E-state index contributed by atoms with van der Waals surface area (Å²) in [6, 6.07) is 13.7. The number of hydrogen-bond donors (Lipinski definition) is 3. The van der Waals surface area contributed by atoms with Gasteiger partial charge in [0.2, 0.25) is 10.0 Å². The molecule has 3 N–H and O–H groups in total. The SMILES string of the molecule is CC(C)CN(CC(O)C(Cc1ccccc1)NC(=O)O)S(=O)(=O)c1ccc2nc(N(C)C(=O)c3ccoc3)oc2c1. The maximum absolute atomic E-state index is 13.8. The van der Waals surface area contributed by atoms with E-state index in [1.165, 1.54) is 48.7 Å². The van der Waals surface area contributed by atoms with E-state index >= 15 is 0 Å². The Morgan fingerprint density at radius 2 is 1.80 bits per heavy atom. The Morgan fingerprint density at radius 1 is 1.07 bits per heavy atom. The number of carbonyl (C=O) groups excluding carboxylic acids is 1. The number of oxazole rings is 1. The molecule has 2 heterocycles. The van der Waals surface area contributed by atoms with Gasteiger partial charge in [-0.3, -0.25) is 9.69 Å². The number of aliphatic hydroxyl groups excluding tert-OH is 1. The monoisotopic (exact) mass is 584 g/mol. The third kappa shape index (κ3) is 7.12. The number of amides is 2. The molecule has 0 radical (unpaired) electrons. The van der Waals surface area contributed by atoms with Gasteiger partial charge in [-0.15, -0.1) is 0 Å². The van der Waals surface area contributed by atoms with Crippen LogP contribution in [0.5, 0.6) is 0 Å². The molecule has 12 nitrogen and oxygen atoms in total. The van der Waals surface area contributed by atoms with Crippen LogP contribution in [0, 0.1) is 5.92 Å². The van der Waals surface area contributed by atoms with Crippen LogP contribution in [0.15, 0.2) is 80.9 Å². The summed E-state index contributed by atoms with van der Waals surface area (Å²) in [4.78, 5) is 29.5. The van der Waals surface area contributed by atoms with E-state index in [-0.39, 0.29) is 41.9 Å². The van der Waals surface area contributed by atoms with Crippen LogP contribution in [0.1, 0.15) is 29.8 Å².